The van der Waals surface area contributed by atoms with Crippen LogP contribution in [0.1, 0.15) is 24.3 Å². The lowest BCUT2D eigenvalue weighted by molar-refractivity contribution is 0.0202. The van der Waals surface area contributed by atoms with Crippen molar-refractivity contribution >= 4 is 17.2 Å². The number of nitrogens with one attached hydrogen (secondary N) is 1. The zero-order valence-corrected chi connectivity index (χ0v) is 11.0. The molecule has 1 N–H and O–H groups in total. The molecule has 0 radical (unpaired) electrons. The predicted octanol–water partition coefficient (Wildman–Crippen LogP) is 2.72. The van der Waals surface area contributed by atoms with Gasteiger partial charge >= 0.3 is 0 Å². The van der Waals surface area contributed by atoms with Crippen molar-refractivity contribution in [1.82, 2.24) is 10.6 Å². The fourth-order valence-electron chi connectivity index (χ4n) is 1.24. The van der Waals surface area contributed by atoms with Crippen molar-refractivity contribution in [3.8, 4) is 10.6 Å². The highest BCUT2D eigenvalue weighted by atomic mass is 32.1. The van der Waals surface area contributed by atoms with E-state index in [0.29, 0.717) is 18.3 Å². The van der Waals surface area contributed by atoms with Crippen LogP contribution < -0.4 is 5.48 Å². The molecule has 2 heterocycles. The van der Waals surface area contributed by atoms with Crippen molar-refractivity contribution in [2.24, 2.45) is 5.92 Å². The Balaban J connectivity index is 1.95. The van der Waals surface area contributed by atoms with E-state index >= 15 is 0 Å². The van der Waals surface area contributed by atoms with E-state index < -0.39 is 5.91 Å². The molecule has 5 nitrogen and oxygen atoms in total. The summed E-state index contributed by atoms with van der Waals surface area (Å²) in [6, 6.07) is 5.41. The van der Waals surface area contributed by atoms with Crippen LogP contribution in [0.15, 0.2) is 28.1 Å². The maximum Gasteiger partial charge on any atom is 0.297 e. The summed E-state index contributed by atoms with van der Waals surface area (Å²) in [5, 5.41) is 5.64. The number of aromatic nitrogens is 1. The van der Waals surface area contributed by atoms with Gasteiger partial charge < -0.3 is 4.52 Å². The zero-order valence-electron chi connectivity index (χ0n) is 10.2. The number of thiophene rings is 1. The molecule has 2 aromatic heterocycles. The second-order valence-corrected chi connectivity index (χ2v) is 5.14. The van der Waals surface area contributed by atoms with Crippen LogP contribution in [-0.2, 0) is 4.84 Å². The average molecular weight is 266 g/mol. The molecule has 0 bridgehead atoms. The zero-order chi connectivity index (χ0) is 13.0. The van der Waals surface area contributed by atoms with E-state index in [1.165, 1.54) is 11.3 Å². The van der Waals surface area contributed by atoms with Crippen LogP contribution in [0.4, 0.5) is 0 Å². The molecule has 0 spiro atoms. The molecule has 18 heavy (non-hydrogen) atoms. The molecule has 0 aliphatic rings. The quantitative estimate of drug-likeness (QED) is 0.845. The molecule has 0 saturated heterocycles. The van der Waals surface area contributed by atoms with Crippen molar-refractivity contribution in [3.63, 3.8) is 0 Å². The Hall–Kier alpha value is -1.66. The van der Waals surface area contributed by atoms with E-state index in [1.54, 1.807) is 6.07 Å². The number of amides is 1. The summed E-state index contributed by atoms with van der Waals surface area (Å²) in [7, 11) is 0. The Morgan fingerprint density at radius 2 is 2.44 bits per heavy atom. The SMILES string of the molecule is CC(C)CONC(=O)c1cc(-c2cccs2)on1. The molecular formula is C12H14N2O3S. The Labute approximate surface area is 109 Å². The van der Waals surface area contributed by atoms with Gasteiger partial charge in [0.15, 0.2) is 11.5 Å². The molecule has 1 amide bonds. The van der Waals surface area contributed by atoms with Crippen molar-refractivity contribution < 1.29 is 14.2 Å². The van der Waals surface area contributed by atoms with Crippen LogP contribution in [0.2, 0.25) is 0 Å². The highest BCUT2D eigenvalue weighted by Gasteiger charge is 2.14. The average Bonchev–Trinajstić information content (AvgIpc) is 2.99. The van der Waals surface area contributed by atoms with Gasteiger partial charge in [0.2, 0.25) is 0 Å². The third-order valence-electron chi connectivity index (χ3n) is 2.09. The lowest BCUT2D eigenvalue weighted by Gasteiger charge is -2.05. The molecule has 0 fully saturated rings. The highest BCUT2D eigenvalue weighted by molar-refractivity contribution is 7.13. The molecule has 6 heteroatoms. The van der Waals surface area contributed by atoms with E-state index in [9.17, 15) is 4.79 Å². The van der Waals surface area contributed by atoms with Gasteiger partial charge in [-0.2, -0.15) is 0 Å². The lowest BCUT2D eigenvalue weighted by atomic mass is 10.2. The van der Waals surface area contributed by atoms with Crippen LogP contribution in [0.3, 0.4) is 0 Å². The Morgan fingerprint density at radius 3 is 3.11 bits per heavy atom. The topological polar surface area (TPSA) is 64.4 Å². The highest BCUT2D eigenvalue weighted by Crippen LogP contribution is 2.24. The standard InChI is InChI=1S/C12H14N2O3S/c1-8(2)7-16-14-12(15)9-6-10(17-13-9)11-4-3-5-18-11/h3-6,8H,7H2,1-2H3,(H,14,15). The van der Waals surface area contributed by atoms with E-state index in [2.05, 4.69) is 10.6 Å². The summed E-state index contributed by atoms with van der Waals surface area (Å²) in [5.74, 6) is 0.533. The number of carbonyl (C=O) groups is 1. The van der Waals surface area contributed by atoms with Crippen molar-refractivity contribution in [3.05, 3.63) is 29.3 Å². The molecule has 2 aromatic rings. The molecule has 0 unspecified atom stereocenters. The van der Waals surface area contributed by atoms with Gasteiger partial charge in [-0.05, 0) is 17.4 Å². The Morgan fingerprint density at radius 1 is 1.61 bits per heavy atom. The van der Waals surface area contributed by atoms with Crippen LogP contribution in [0.25, 0.3) is 10.6 Å². The van der Waals surface area contributed by atoms with Gasteiger partial charge in [0.1, 0.15) is 0 Å². The van der Waals surface area contributed by atoms with Gasteiger partial charge in [0.25, 0.3) is 5.91 Å². The first kappa shape index (κ1) is 12.8. The fourth-order valence-corrected chi connectivity index (χ4v) is 1.92. The molecule has 0 aromatic carbocycles. The molecule has 0 aliphatic carbocycles. The van der Waals surface area contributed by atoms with Gasteiger partial charge in [-0.3, -0.25) is 9.63 Å². The van der Waals surface area contributed by atoms with E-state index in [-0.39, 0.29) is 5.69 Å². The number of carbonyl (C=O) groups excluding carboxylic acids is 1. The van der Waals surface area contributed by atoms with Gasteiger partial charge in [0, 0.05) is 6.07 Å². The van der Waals surface area contributed by atoms with Crippen LogP contribution in [0, 0.1) is 5.92 Å². The van der Waals surface area contributed by atoms with E-state index in [0.717, 1.165) is 4.88 Å². The summed E-state index contributed by atoms with van der Waals surface area (Å²) in [6.45, 7) is 4.45. The molecule has 2 rings (SSSR count). The normalized spacial score (nSPS) is 10.8. The van der Waals surface area contributed by atoms with Gasteiger partial charge in [-0.25, -0.2) is 5.48 Å². The second-order valence-electron chi connectivity index (χ2n) is 4.19. The summed E-state index contributed by atoms with van der Waals surface area (Å²) in [6.07, 6.45) is 0. The van der Waals surface area contributed by atoms with Crippen molar-refractivity contribution in [2.45, 2.75) is 13.8 Å². The minimum Gasteiger partial charge on any atom is -0.355 e. The van der Waals surface area contributed by atoms with Crippen LogP contribution >= 0.6 is 11.3 Å². The number of hydrogen-bond donors (Lipinski definition) is 1. The van der Waals surface area contributed by atoms with Gasteiger partial charge in [-0.1, -0.05) is 25.1 Å². The minimum atomic E-state index is -0.401. The maximum absolute atomic E-state index is 11.7. The first-order valence-electron chi connectivity index (χ1n) is 5.59. The van der Waals surface area contributed by atoms with Crippen LogP contribution in [-0.4, -0.2) is 17.7 Å². The number of nitrogens with zero attached hydrogens (tertiary/aromatic N) is 1. The van der Waals surface area contributed by atoms with Gasteiger partial charge in [0.05, 0.1) is 11.5 Å². The lowest BCUT2D eigenvalue weighted by Crippen LogP contribution is -2.25. The van der Waals surface area contributed by atoms with Gasteiger partial charge in [-0.15, -0.1) is 11.3 Å². The summed E-state index contributed by atoms with van der Waals surface area (Å²) in [5.41, 5.74) is 2.54. The smallest absolute Gasteiger partial charge is 0.297 e. The minimum absolute atomic E-state index is 0.210. The Kier molecular flexibility index (Phi) is 4.11. The molecule has 0 saturated carbocycles. The summed E-state index contributed by atoms with van der Waals surface area (Å²) in [4.78, 5) is 17.6. The maximum atomic E-state index is 11.7. The summed E-state index contributed by atoms with van der Waals surface area (Å²) >= 11 is 1.53. The molecular weight excluding hydrogens is 252 g/mol. The number of hydroxylamine groups is 1. The molecule has 96 valence electrons. The number of rotatable bonds is 5. The fraction of sp³-hybridized carbons (Fsp3) is 0.333. The molecule has 0 aliphatic heterocycles. The van der Waals surface area contributed by atoms with E-state index in [1.807, 2.05) is 31.4 Å². The predicted molar refractivity (Wildman–Crippen MR) is 68.1 cm³/mol. The first-order valence-corrected chi connectivity index (χ1v) is 6.47. The monoisotopic (exact) mass is 266 g/mol. The third kappa shape index (κ3) is 3.18. The summed E-state index contributed by atoms with van der Waals surface area (Å²) < 4.78 is 5.10. The van der Waals surface area contributed by atoms with Crippen LogP contribution in [0.5, 0.6) is 0 Å². The second kappa shape index (κ2) is 5.79. The van der Waals surface area contributed by atoms with Crippen molar-refractivity contribution in [2.75, 3.05) is 6.61 Å². The first-order chi connectivity index (χ1) is 8.66. The number of hydrogen-bond acceptors (Lipinski definition) is 5. The largest absolute Gasteiger partial charge is 0.355 e. The third-order valence-corrected chi connectivity index (χ3v) is 2.97. The van der Waals surface area contributed by atoms with E-state index in [4.69, 9.17) is 9.36 Å². The Bertz CT molecular complexity index is 505. The van der Waals surface area contributed by atoms with Crippen molar-refractivity contribution in [1.29, 1.82) is 0 Å². The molecule has 0 atom stereocenters.